The van der Waals surface area contributed by atoms with Crippen LogP contribution in [0.25, 0.3) is 0 Å². The van der Waals surface area contributed by atoms with Gasteiger partial charge in [-0.2, -0.15) is 0 Å². The molecule has 0 N–H and O–H groups in total. The Bertz CT molecular complexity index is 1710. The minimum Gasteiger partial charge on any atom is -0.497 e. The van der Waals surface area contributed by atoms with Crippen molar-refractivity contribution in [2.45, 2.75) is 116 Å². The van der Waals surface area contributed by atoms with Gasteiger partial charge in [0, 0.05) is 18.4 Å². The second-order valence-corrected chi connectivity index (χ2v) is 22.1. The molecule has 1 heterocycles. The van der Waals surface area contributed by atoms with E-state index in [0.29, 0.717) is 45.1 Å². The molecule has 7 heteroatoms. The number of ether oxygens (including phenoxy) is 4. The monoisotopic (exact) mass is 778 g/mol. The molecule has 2 aliphatic carbocycles. The molecule has 56 heavy (non-hydrogen) atoms. The molecule has 0 radical (unpaired) electrons. The van der Waals surface area contributed by atoms with Crippen molar-refractivity contribution in [2.75, 3.05) is 26.9 Å². The van der Waals surface area contributed by atoms with Crippen LogP contribution in [-0.2, 0) is 30.0 Å². The van der Waals surface area contributed by atoms with Crippen molar-refractivity contribution < 1.29 is 28.2 Å². The summed E-state index contributed by atoms with van der Waals surface area (Å²) in [6.07, 6.45) is 14.1. The Kier molecular flexibility index (Phi) is 14.0. The van der Waals surface area contributed by atoms with Gasteiger partial charge < -0.3 is 23.4 Å². The van der Waals surface area contributed by atoms with Crippen molar-refractivity contribution >= 4 is 24.5 Å². The molecule has 6 nitrogen and oxygen atoms in total. The Labute approximate surface area is 338 Å². The fourth-order valence-corrected chi connectivity index (χ4v) is 14.2. The minimum atomic E-state index is -2.77. The molecule has 0 aromatic heterocycles. The van der Waals surface area contributed by atoms with Gasteiger partial charge in [0.1, 0.15) is 11.5 Å². The van der Waals surface area contributed by atoms with E-state index >= 15 is 0 Å². The first-order valence-electron chi connectivity index (χ1n) is 21.1. The maximum Gasteiger partial charge on any atom is 0.261 e. The lowest BCUT2D eigenvalue weighted by Gasteiger charge is -2.49. The van der Waals surface area contributed by atoms with Gasteiger partial charge >= 0.3 is 0 Å². The van der Waals surface area contributed by atoms with Crippen LogP contribution in [0.3, 0.4) is 0 Å². The molecule has 1 aliphatic heterocycles. The van der Waals surface area contributed by atoms with E-state index in [-0.39, 0.29) is 28.9 Å². The molecule has 0 amide bonds. The number of Topliss-reactive ketones (excluding diaryl/α,β-unsaturated/α-hetero) is 1. The third kappa shape index (κ3) is 9.34. The number of benzene rings is 3. The van der Waals surface area contributed by atoms with Crippen LogP contribution in [0.15, 0.2) is 109 Å². The second kappa shape index (κ2) is 18.5. The summed E-state index contributed by atoms with van der Waals surface area (Å²) < 4.78 is 32.9. The number of hydrogen-bond donors (Lipinski definition) is 0. The van der Waals surface area contributed by atoms with E-state index in [1.807, 2.05) is 26.0 Å². The largest absolute Gasteiger partial charge is 0.497 e. The summed E-state index contributed by atoms with van der Waals surface area (Å²) in [5, 5.41) is 2.41. The first kappa shape index (κ1) is 42.3. The summed E-state index contributed by atoms with van der Waals surface area (Å²) in [6.45, 7) is 15.1. The molecule has 3 aromatic carbocycles. The molecule has 2 bridgehead atoms. The molecule has 6 rings (SSSR count). The lowest BCUT2D eigenvalue weighted by Crippen LogP contribution is -2.66. The summed E-state index contributed by atoms with van der Waals surface area (Å²) >= 11 is 0. The lowest BCUT2D eigenvalue weighted by molar-refractivity contribution is -0.281. The van der Waals surface area contributed by atoms with Crippen LogP contribution in [0.5, 0.6) is 5.75 Å². The van der Waals surface area contributed by atoms with Gasteiger partial charge in [-0.1, -0.05) is 125 Å². The molecule has 1 saturated heterocycles. The predicted molar refractivity (Wildman–Crippen MR) is 229 cm³/mol. The molecular weight excluding hydrogens is 713 g/mol. The topological polar surface area (TPSA) is 63.2 Å². The zero-order valence-corrected chi connectivity index (χ0v) is 36.1. The summed E-state index contributed by atoms with van der Waals surface area (Å²) in [5.41, 5.74) is 1.85. The van der Waals surface area contributed by atoms with E-state index in [9.17, 15) is 4.79 Å². The highest BCUT2D eigenvalue weighted by atomic mass is 28.4. The highest BCUT2D eigenvalue weighted by molar-refractivity contribution is 6.99. The van der Waals surface area contributed by atoms with Gasteiger partial charge in [-0.25, -0.2) is 0 Å². The van der Waals surface area contributed by atoms with E-state index in [1.54, 1.807) is 7.11 Å². The Balaban J connectivity index is 1.38. The Hall–Kier alpha value is -3.33. The van der Waals surface area contributed by atoms with Crippen LogP contribution < -0.4 is 15.1 Å². The van der Waals surface area contributed by atoms with Crippen molar-refractivity contribution in [3.63, 3.8) is 0 Å². The van der Waals surface area contributed by atoms with Gasteiger partial charge in [-0.3, -0.25) is 4.79 Å². The van der Waals surface area contributed by atoms with Crippen molar-refractivity contribution in [1.29, 1.82) is 0 Å². The molecule has 2 unspecified atom stereocenters. The predicted octanol–water partition coefficient (Wildman–Crippen LogP) is 9.99. The van der Waals surface area contributed by atoms with E-state index in [0.717, 1.165) is 43.4 Å². The molecule has 4 atom stereocenters. The minimum absolute atomic E-state index is 0.0814. The fourth-order valence-electron chi connectivity index (χ4n) is 9.60. The summed E-state index contributed by atoms with van der Waals surface area (Å²) in [5.74, 6) is 0.463. The van der Waals surface area contributed by atoms with Crippen LogP contribution in [0.4, 0.5) is 0 Å². The maximum absolute atomic E-state index is 14.8. The zero-order chi connectivity index (χ0) is 39.8. The molecule has 1 saturated carbocycles. The number of carbonyl (C=O) groups is 1. The van der Waals surface area contributed by atoms with Gasteiger partial charge in [0.25, 0.3) is 8.32 Å². The molecule has 2 fully saturated rings. The van der Waals surface area contributed by atoms with Gasteiger partial charge in [0.2, 0.25) is 0 Å². The quantitative estimate of drug-likeness (QED) is 0.0820. The standard InChI is InChI=1S/C49H66O6Si/c1-8-9-10-11-12-15-20-38-33-43-46(52-34-37-25-27-39(51-7)28-26-37)45(44(50)29-31-49(43)35-53-48(5,6)54-36-49)42(38)30-32-55-56(47(2,3)4,40-21-16-13-17-22-40)41-23-18-14-19-24-41/h8-9,13-14,16-19,21-28,33,38,42,45-46H,10-12,15,20,29-32,34-36H2,1-7H3/b9-8-/t38-,42+,45?,46?/m1/s1. The van der Waals surface area contributed by atoms with Crippen LogP contribution in [-0.4, -0.2) is 52.9 Å². The van der Waals surface area contributed by atoms with Gasteiger partial charge in [0.15, 0.2) is 5.79 Å². The number of ketones is 1. The highest BCUT2D eigenvalue weighted by Crippen LogP contribution is 2.53. The average Bonchev–Trinajstić information content (AvgIpc) is 3.27. The summed E-state index contributed by atoms with van der Waals surface area (Å²) in [7, 11) is -1.09. The number of fused-ring (bicyclic) bond motifs is 3. The van der Waals surface area contributed by atoms with Gasteiger partial charge in [0.05, 0.1) is 39.0 Å². The van der Waals surface area contributed by atoms with Gasteiger partial charge in [-0.15, -0.1) is 0 Å². The summed E-state index contributed by atoms with van der Waals surface area (Å²) in [4.78, 5) is 14.8. The Morgan fingerprint density at radius 2 is 1.50 bits per heavy atom. The first-order chi connectivity index (χ1) is 26.9. The van der Waals surface area contributed by atoms with E-state index in [1.165, 1.54) is 22.4 Å². The van der Waals surface area contributed by atoms with E-state index in [4.69, 9.17) is 23.4 Å². The third-order valence-electron chi connectivity index (χ3n) is 12.7. The Morgan fingerprint density at radius 3 is 2.09 bits per heavy atom. The molecule has 3 aliphatic rings. The number of allylic oxidation sites excluding steroid dienone is 3. The maximum atomic E-state index is 14.8. The lowest BCUT2D eigenvalue weighted by atomic mass is 9.63. The normalized spacial score (nSPS) is 23.6. The van der Waals surface area contributed by atoms with Crippen LogP contribution in [0, 0.1) is 23.2 Å². The number of hydrogen-bond acceptors (Lipinski definition) is 6. The van der Waals surface area contributed by atoms with Gasteiger partial charge in [-0.05, 0) is 103 Å². The fraction of sp³-hybridized carbons (Fsp3) is 0.531. The van der Waals surface area contributed by atoms with Crippen LogP contribution in [0.1, 0.15) is 98.5 Å². The number of rotatable bonds is 16. The molecular formula is C49H66O6Si. The van der Waals surface area contributed by atoms with Crippen LogP contribution in [0.2, 0.25) is 5.04 Å². The van der Waals surface area contributed by atoms with Crippen molar-refractivity contribution in [2.24, 2.45) is 23.2 Å². The summed E-state index contributed by atoms with van der Waals surface area (Å²) in [6, 6.07) is 29.8. The zero-order valence-electron chi connectivity index (χ0n) is 35.1. The number of carbonyl (C=O) groups excluding carboxylic acids is 1. The second-order valence-electron chi connectivity index (χ2n) is 17.8. The smallest absolute Gasteiger partial charge is 0.261 e. The van der Waals surface area contributed by atoms with Crippen molar-refractivity contribution in [1.82, 2.24) is 0 Å². The van der Waals surface area contributed by atoms with E-state index < -0.39 is 19.5 Å². The number of unbranched alkanes of at least 4 members (excludes halogenated alkanes) is 3. The molecule has 1 spiro atoms. The Morgan fingerprint density at radius 1 is 0.857 bits per heavy atom. The van der Waals surface area contributed by atoms with E-state index in [2.05, 4.69) is 119 Å². The van der Waals surface area contributed by atoms with Crippen molar-refractivity contribution in [3.05, 3.63) is 114 Å². The molecule has 302 valence electrons. The highest BCUT2D eigenvalue weighted by Gasteiger charge is 2.55. The number of methoxy groups -OCH3 is 1. The van der Waals surface area contributed by atoms with Crippen molar-refractivity contribution in [3.8, 4) is 5.75 Å². The third-order valence-corrected chi connectivity index (χ3v) is 17.7. The first-order valence-corrected chi connectivity index (χ1v) is 23.0. The molecule has 3 aromatic rings. The average molecular weight is 779 g/mol. The SMILES string of the molecule is C/C=C\CCCCC[C@@H]1C=C2C(OCc3ccc(OC)cc3)C(C(=O)CCC23COC(C)(C)OC3)[C@H]1CCO[Si](c1ccccc1)(c1ccccc1)C(C)(C)C. The van der Waals surface area contributed by atoms with Crippen LogP contribution >= 0.6 is 0 Å².